The van der Waals surface area contributed by atoms with E-state index in [1.54, 1.807) is 6.07 Å². The highest BCUT2D eigenvalue weighted by Crippen LogP contribution is 2.28. The Labute approximate surface area is 118 Å². The van der Waals surface area contributed by atoms with Gasteiger partial charge in [0.2, 0.25) is 0 Å². The summed E-state index contributed by atoms with van der Waals surface area (Å²) in [6.07, 6.45) is 0. The highest BCUT2D eigenvalue weighted by atomic mass is 16.6. The van der Waals surface area contributed by atoms with Gasteiger partial charge in [0.1, 0.15) is 5.69 Å². The molecule has 2 aromatic carbocycles. The molecule has 4 heteroatoms. The molecule has 0 atom stereocenters. The van der Waals surface area contributed by atoms with Gasteiger partial charge >= 0.3 is 0 Å². The van der Waals surface area contributed by atoms with Crippen LogP contribution < -0.4 is 5.32 Å². The molecule has 0 aliphatic carbocycles. The van der Waals surface area contributed by atoms with Crippen molar-refractivity contribution in [2.45, 2.75) is 27.3 Å². The molecule has 0 bridgehead atoms. The number of nitrogens with zero attached hydrogens (tertiary/aromatic N) is 1. The van der Waals surface area contributed by atoms with E-state index in [2.05, 4.69) is 5.32 Å². The lowest BCUT2D eigenvalue weighted by Crippen LogP contribution is -2.04. The van der Waals surface area contributed by atoms with Crippen LogP contribution in [0, 0.1) is 30.9 Å². The molecular formula is C16H18N2O2. The maximum atomic E-state index is 11.1. The minimum Gasteiger partial charge on any atom is -0.375 e. The van der Waals surface area contributed by atoms with E-state index in [1.807, 2.05) is 51.1 Å². The van der Waals surface area contributed by atoms with Crippen molar-refractivity contribution >= 4 is 11.4 Å². The van der Waals surface area contributed by atoms with Crippen LogP contribution >= 0.6 is 0 Å². The van der Waals surface area contributed by atoms with E-state index in [0.29, 0.717) is 12.2 Å². The fraction of sp³-hybridized carbons (Fsp3) is 0.250. The number of anilines is 1. The first kappa shape index (κ1) is 14.1. The molecule has 0 aliphatic heterocycles. The SMILES string of the molecule is Cc1cc(NCc2ccccc2C)c([N+](=O)[O-])cc1C. The lowest BCUT2D eigenvalue weighted by Gasteiger charge is -2.11. The largest absolute Gasteiger partial charge is 0.375 e. The zero-order valence-electron chi connectivity index (χ0n) is 11.9. The molecule has 0 saturated heterocycles. The molecule has 0 radical (unpaired) electrons. The second-order valence-electron chi connectivity index (χ2n) is 4.99. The van der Waals surface area contributed by atoms with Crippen molar-refractivity contribution in [1.82, 2.24) is 0 Å². The predicted octanol–water partition coefficient (Wildman–Crippen LogP) is 4.13. The average molecular weight is 270 g/mol. The van der Waals surface area contributed by atoms with Crippen molar-refractivity contribution in [2.75, 3.05) is 5.32 Å². The molecule has 0 spiro atoms. The van der Waals surface area contributed by atoms with Crippen LogP contribution in [-0.4, -0.2) is 4.92 Å². The van der Waals surface area contributed by atoms with Crippen molar-refractivity contribution in [3.63, 3.8) is 0 Å². The maximum absolute atomic E-state index is 11.1. The van der Waals surface area contributed by atoms with Crippen LogP contribution in [0.15, 0.2) is 36.4 Å². The monoisotopic (exact) mass is 270 g/mol. The van der Waals surface area contributed by atoms with Gasteiger partial charge in [0.15, 0.2) is 0 Å². The van der Waals surface area contributed by atoms with Crippen LogP contribution in [0.4, 0.5) is 11.4 Å². The summed E-state index contributed by atoms with van der Waals surface area (Å²) in [5.41, 5.74) is 4.98. The van der Waals surface area contributed by atoms with Crippen molar-refractivity contribution in [3.8, 4) is 0 Å². The first-order valence-electron chi connectivity index (χ1n) is 6.53. The number of nitro groups is 1. The number of aryl methyl sites for hydroxylation is 3. The van der Waals surface area contributed by atoms with Gasteiger partial charge in [0.05, 0.1) is 4.92 Å². The summed E-state index contributed by atoms with van der Waals surface area (Å²) in [7, 11) is 0. The third-order valence-corrected chi connectivity index (χ3v) is 3.54. The molecule has 0 amide bonds. The molecule has 0 saturated carbocycles. The lowest BCUT2D eigenvalue weighted by molar-refractivity contribution is -0.384. The molecule has 0 unspecified atom stereocenters. The molecule has 0 heterocycles. The van der Waals surface area contributed by atoms with Gasteiger partial charge in [0.25, 0.3) is 5.69 Å². The minimum absolute atomic E-state index is 0.127. The normalized spacial score (nSPS) is 10.3. The molecule has 4 nitrogen and oxygen atoms in total. The van der Waals surface area contributed by atoms with Crippen molar-refractivity contribution in [2.24, 2.45) is 0 Å². The highest BCUT2D eigenvalue weighted by molar-refractivity contribution is 5.64. The number of hydrogen-bond donors (Lipinski definition) is 1. The summed E-state index contributed by atoms with van der Waals surface area (Å²) in [4.78, 5) is 10.8. The van der Waals surface area contributed by atoms with Crippen molar-refractivity contribution in [3.05, 3.63) is 68.8 Å². The van der Waals surface area contributed by atoms with E-state index in [4.69, 9.17) is 0 Å². The smallest absolute Gasteiger partial charge is 0.292 e. The molecular weight excluding hydrogens is 252 g/mol. The Bertz CT molecular complexity index is 651. The Hall–Kier alpha value is -2.36. The first-order chi connectivity index (χ1) is 9.49. The fourth-order valence-corrected chi connectivity index (χ4v) is 2.09. The Morgan fingerprint density at radius 3 is 2.35 bits per heavy atom. The second kappa shape index (κ2) is 5.74. The van der Waals surface area contributed by atoms with Crippen LogP contribution in [-0.2, 0) is 6.54 Å². The van der Waals surface area contributed by atoms with Crippen LogP contribution in [0.1, 0.15) is 22.3 Å². The first-order valence-corrected chi connectivity index (χ1v) is 6.53. The lowest BCUT2D eigenvalue weighted by atomic mass is 10.1. The van der Waals surface area contributed by atoms with Gasteiger partial charge in [0, 0.05) is 12.6 Å². The number of nitrogens with one attached hydrogen (secondary N) is 1. The summed E-state index contributed by atoms with van der Waals surface area (Å²) in [6.45, 7) is 6.45. The van der Waals surface area contributed by atoms with E-state index in [1.165, 1.54) is 5.56 Å². The van der Waals surface area contributed by atoms with E-state index >= 15 is 0 Å². The molecule has 2 rings (SSSR count). The van der Waals surface area contributed by atoms with Gasteiger partial charge in [-0.25, -0.2) is 0 Å². The summed E-state index contributed by atoms with van der Waals surface area (Å²) < 4.78 is 0. The quantitative estimate of drug-likeness (QED) is 0.671. The van der Waals surface area contributed by atoms with Gasteiger partial charge < -0.3 is 5.32 Å². The van der Waals surface area contributed by atoms with E-state index in [-0.39, 0.29) is 10.6 Å². The Balaban J connectivity index is 2.27. The molecule has 0 aliphatic rings. The molecule has 0 aromatic heterocycles. The second-order valence-corrected chi connectivity index (χ2v) is 4.99. The van der Waals surface area contributed by atoms with E-state index < -0.39 is 0 Å². The average Bonchev–Trinajstić information content (AvgIpc) is 2.41. The summed E-state index contributed by atoms with van der Waals surface area (Å²) in [6, 6.07) is 11.5. The standard InChI is InChI=1S/C16H18N2O2/c1-11-6-4-5-7-14(11)10-17-15-8-12(2)13(3)9-16(15)18(19)20/h4-9,17H,10H2,1-3H3. The molecule has 2 aromatic rings. The van der Waals surface area contributed by atoms with Gasteiger partial charge in [-0.3, -0.25) is 10.1 Å². The fourth-order valence-electron chi connectivity index (χ4n) is 2.09. The highest BCUT2D eigenvalue weighted by Gasteiger charge is 2.15. The van der Waals surface area contributed by atoms with Crippen LogP contribution in [0.2, 0.25) is 0 Å². The Morgan fingerprint density at radius 2 is 1.70 bits per heavy atom. The number of nitro benzene ring substituents is 1. The summed E-state index contributed by atoms with van der Waals surface area (Å²) >= 11 is 0. The van der Waals surface area contributed by atoms with Gasteiger partial charge in [-0.1, -0.05) is 24.3 Å². The molecule has 104 valence electrons. The van der Waals surface area contributed by atoms with E-state index in [0.717, 1.165) is 16.7 Å². The third kappa shape index (κ3) is 2.96. The van der Waals surface area contributed by atoms with Crippen LogP contribution in [0.25, 0.3) is 0 Å². The Kier molecular flexibility index (Phi) is 4.03. The molecule has 20 heavy (non-hydrogen) atoms. The van der Waals surface area contributed by atoms with Crippen LogP contribution in [0.5, 0.6) is 0 Å². The topological polar surface area (TPSA) is 55.2 Å². The van der Waals surface area contributed by atoms with Gasteiger partial charge in [-0.2, -0.15) is 0 Å². The summed E-state index contributed by atoms with van der Waals surface area (Å²) in [5, 5.41) is 14.3. The minimum atomic E-state index is -0.341. The zero-order chi connectivity index (χ0) is 14.7. The molecule has 1 N–H and O–H groups in total. The zero-order valence-corrected chi connectivity index (χ0v) is 11.9. The van der Waals surface area contributed by atoms with Gasteiger partial charge in [-0.15, -0.1) is 0 Å². The van der Waals surface area contributed by atoms with Crippen molar-refractivity contribution in [1.29, 1.82) is 0 Å². The number of benzene rings is 2. The number of hydrogen-bond acceptors (Lipinski definition) is 3. The summed E-state index contributed by atoms with van der Waals surface area (Å²) in [5.74, 6) is 0. The number of rotatable bonds is 4. The van der Waals surface area contributed by atoms with Crippen molar-refractivity contribution < 1.29 is 4.92 Å². The molecule has 0 fully saturated rings. The van der Waals surface area contributed by atoms with Crippen LogP contribution in [0.3, 0.4) is 0 Å². The maximum Gasteiger partial charge on any atom is 0.292 e. The third-order valence-electron chi connectivity index (χ3n) is 3.54. The predicted molar refractivity (Wildman–Crippen MR) is 81.1 cm³/mol. The Morgan fingerprint density at radius 1 is 1.05 bits per heavy atom. The van der Waals surface area contributed by atoms with Gasteiger partial charge in [-0.05, 0) is 49.1 Å². The van der Waals surface area contributed by atoms with E-state index in [9.17, 15) is 10.1 Å².